The van der Waals surface area contributed by atoms with Crippen LogP contribution in [0, 0.1) is 13.8 Å². The molecule has 2 N–H and O–H groups in total. The Hall–Kier alpha value is -4.22. The van der Waals surface area contributed by atoms with Crippen LogP contribution in [0.2, 0.25) is 0 Å². The van der Waals surface area contributed by atoms with Gasteiger partial charge in [0.25, 0.3) is 11.5 Å². The fourth-order valence-corrected chi connectivity index (χ4v) is 3.13. The number of hydrogen-bond acceptors (Lipinski definition) is 7. The molecule has 3 aromatic rings. The molecule has 2 aromatic heterocycles. The number of urea groups is 1. The summed E-state index contributed by atoms with van der Waals surface area (Å²) in [6.45, 7) is 2.26. The lowest BCUT2D eigenvalue weighted by atomic mass is 10.1. The van der Waals surface area contributed by atoms with Crippen LogP contribution in [0.5, 0.6) is 0 Å². The van der Waals surface area contributed by atoms with E-state index in [1.807, 2.05) is 18.3 Å². The predicted octanol–water partition coefficient (Wildman–Crippen LogP) is -0.0580. The Morgan fingerprint density at radius 2 is 1.84 bits per heavy atom. The number of hydrogen-bond donors (Lipinski definition) is 2. The molecule has 0 spiro atoms. The zero-order chi connectivity index (χ0) is 23.6. The van der Waals surface area contributed by atoms with E-state index in [-0.39, 0.29) is 11.2 Å². The lowest BCUT2D eigenvalue weighted by Crippen LogP contribution is -2.42. The van der Waals surface area contributed by atoms with Crippen molar-refractivity contribution >= 4 is 34.8 Å². The molecule has 0 saturated heterocycles. The summed E-state index contributed by atoms with van der Waals surface area (Å²) in [5.74, 6) is -1.86. The monoisotopic (exact) mass is 442 g/mol. The lowest BCUT2D eigenvalue weighted by molar-refractivity contribution is -0.149. The first-order valence-corrected chi connectivity index (χ1v) is 9.53. The van der Waals surface area contributed by atoms with Crippen molar-refractivity contribution in [3.8, 4) is 0 Å². The van der Waals surface area contributed by atoms with Crippen LogP contribution in [-0.4, -0.2) is 43.2 Å². The number of imide groups is 1. The molecule has 3 amide bonds. The number of carbonyl (C=O) groups excluding carboxylic acids is 3. The highest BCUT2D eigenvalue weighted by Gasteiger charge is 2.18. The number of aryl methyl sites for hydroxylation is 4. The molecule has 1 aromatic carbocycles. The largest absolute Gasteiger partial charge is 0.454 e. The van der Waals surface area contributed by atoms with Crippen LogP contribution < -0.4 is 21.9 Å². The van der Waals surface area contributed by atoms with E-state index >= 15 is 0 Å². The van der Waals surface area contributed by atoms with E-state index in [0.717, 1.165) is 15.7 Å². The molecule has 0 aliphatic carbocycles. The first-order valence-electron chi connectivity index (χ1n) is 9.53. The Bertz CT molecular complexity index is 1350. The van der Waals surface area contributed by atoms with Crippen LogP contribution in [0.3, 0.4) is 0 Å². The molecular weight excluding hydrogens is 420 g/mol. The number of benzene rings is 1. The van der Waals surface area contributed by atoms with Crippen molar-refractivity contribution in [3.05, 3.63) is 56.5 Å². The highest BCUT2D eigenvalue weighted by atomic mass is 16.5. The number of nitrogens with one attached hydrogen (secondary N) is 2. The summed E-state index contributed by atoms with van der Waals surface area (Å²) in [6.07, 6.45) is 1.38. The van der Waals surface area contributed by atoms with Crippen LogP contribution in [0.1, 0.15) is 11.1 Å². The molecule has 0 bridgehead atoms. The molecule has 0 radical (unpaired) electrons. The number of carbonyl (C=O) groups is 3. The van der Waals surface area contributed by atoms with Crippen molar-refractivity contribution in [1.82, 2.24) is 24.0 Å². The van der Waals surface area contributed by atoms with Crippen molar-refractivity contribution in [2.24, 2.45) is 14.1 Å². The van der Waals surface area contributed by atoms with Gasteiger partial charge < -0.3 is 14.6 Å². The van der Waals surface area contributed by atoms with E-state index in [2.05, 4.69) is 10.3 Å². The number of ether oxygens (including phenoxy) is 1. The number of fused-ring (bicyclic) bond motifs is 1. The summed E-state index contributed by atoms with van der Waals surface area (Å²) in [6, 6.07) is 4.59. The predicted molar refractivity (Wildman–Crippen MR) is 114 cm³/mol. The third-order valence-electron chi connectivity index (χ3n) is 4.74. The Labute approximate surface area is 181 Å². The van der Waals surface area contributed by atoms with Gasteiger partial charge >= 0.3 is 17.7 Å². The fraction of sp³-hybridized carbons (Fsp3) is 0.300. The summed E-state index contributed by atoms with van der Waals surface area (Å²) < 4.78 is 8.07. The number of rotatable bonds is 5. The number of esters is 1. The molecule has 12 nitrogen and oxygen atoms in total. The van der Waals surface area contributed by atoms with Gasteiger partial charge in [-0.2, -0.15) is 0 Å². The van der Waals surface area contributed by atoms with Gasteiger partial charge in [0.2, 0.25) is 0 Å². The number of nitrogens with zero attached hydrogens (tertiary/aromatic N) is 4. The molecule has 0 aliphatic rings. The SMILES string of the molecule is Cc1ccc(NC(=O)NC(=O)COC(=O)Cn2c(=O)c3c(ncn3C)n(C)c2=O)c(C)c1. The topological polar surface area (TPSA) is 146 Å². The molecular formula is C20H22N6O6. The van der Waals surface area contributed by atoms with Crippen LogP contribution >= 0.6 is 0 Å². The van der Waals surface area contributed by atoms with Gasteiger partial charge in [0.05, 0.1) is 6.33 Å². The van der Waals surface area contributed by atoms with Gasteiger partial charge in [0.15, 0.2) is 17.8 Å². The highest BCUT2D eigenvalue weighted by molar-refractivity contribution is 6.02. The smallest absolute Gasteiger partial charge is 0.333 e. The van der Waals surface area contributed by atoms with Crippen molar-refractivity contribution in [2.75, 3.05) is 11.9 Å². The summed E-state index contributed by atoms with van der Waals surface area (Å²) in [5, 5.41) is 4.56. The van der Waals surface area contributed by atoms with Crippen LogP contribution in [-0.2, 0) is 35.0 Å². The highest BCUT2D eigenvalue weighted by Crippen LogP contribution is 2.15. The lowest BCUT2D eigenvalue weighted by Gasteiger charge is -2.11. The number of anilines is 1. The summed E-state index contributed by atoms with van der Waals surface area (Å²) in [5.41, 5.74) is 1.22. The first-order chi connectivity index (χ1) is 15.1. The summed E-state index contributed by atoms with van der Waals surface area (Å²) in [7, 11) is 3.00. The van der Waals surface area contributed by atoms with Gasteiger partial charge in [-0.05, 0) is 25.5 Å². The maximum atomic E-state index is 12.6. The van der Waals surface area contributed by atoms with Crippen molar-refractivity contribution in [1.29, 1.82) is 0 Å². The van der Waals surface area contributed by atoms with Crippen molar-refractivity contribution in [2.45, 2.75) is 20.4 Å². The maximum absolute atomic E-state index is 12.6. The molecule has 0 atom stereocenters. The van der Waals surface area contributed by atoms with E-state index in [0.29, 0.717) is 10.3 Å². The second-order valence-corrected chi connectivity index (χ2v) is 7.24. The normalized spacial score (nSPS) is 10.8. The van der Waals surface area contributed by atoms with Gasteiger partial charge in [-0.15, -0.1) is 0 Å². The third kappa shape index (κ3) is 4.58. The minimum absolute atomic E-state index is 0.140. The van der Waals surface area contributed by atoms with E-state index in [1.54, 1.807) is 26.1 Å². The second-order valence-electron chi connectivity index (χ2n) is 7.24. The minimum Gasteiger partial charge on any atom is -0.454 e. The zero-order valence-corrected chi connectivity index (χ0v) is 18.0. The van der Waals surface area contributed by atoms with Crippen molar-refractivity contribution < 1.29 is 19.1 Å². The van der Waals surface area contributed by atoms with Crippen molar-refractivity contribution in [3.63, 3.8) is 0 Å². The Morgan fingerprint density at radius 3 is 2.53 bits per heavy atom. The molecule has 12 heteroatoms. The average molecular weight is 442 g/mol. The molecule has 0 unspecified atom stereocenters. The number of imidazole rings is 1. The summed E-state index contributed by atoms with van der Waals surface area (Å²) >= 11 is 0. The zero-order valence-electron chi connectivity index (χ0n) is 18.0. The Morgan fingerprint density at radius 1 is 1.12 bits per heavy atom. The molecule has 0 saturated carbocycles. The first kappa shape index (κ1) is 22.5. The molecule has 168 valence electrons. The maximum Gasteiger partial charge on any atom is 0.333 e. The minimum atomic E-state index is -0.990. The van der Waals surface area contributed by atoms with Gasteiger partial charge in [0.1, 0.15) is 6.54 Å². The van der Waals surface area contributed by atoms with Gasteiger partial charge in [-0.1, -0.05) is 17.7 Å². The molecule has 32 heavy (non-hydrogen) atoms. The molecule has 0 fully saturated rings. The number of aromatic nitrogens is 4. The third-order valence-corrected chi connectivity index (χ3v) is 4.74. The van der Waals surface area contributed by atoms with E-state index < -0.39 is 42.3 Å². The molecule has 2 heterocycles. The standard InChI is InChI=1S/C20H22N6O6/c1-11-5-6-13(12(2)7-11)22-19(30)23-14(27)9-32-15(28)8-26-18(29)16-17(21-10-24(16)3)25(4)20(26)31/h5-7,10H,8-9H2,1-4H3,(H2,22,23,27,30). The Kier molecular flexibility index (Phi) is 6.23. The van der Waals surface area contributed by atoms with E-state index in [1.165, 1.54) is 17.9 Å². The van der Waals surface area contributed by atoms with Crippen LogP contribution in [0.25, 0.3) is 11.2 Å². The Balaban J connectivity index is 1.60. The molecule has 3 rings (SSSR count). The van der Waals surface area contributed by atoms with Gasteiger partial charge in [-0.25, -0.2) is 19.1 Å². The molecule has 0 aliphatic heterocycles. The van der Waals surface area contributed by atoms with E-state index in [9.17, 15) is 24.0 Å². The number of amides is 3. The second kappa shape index (κ2) is 8.88. The summed E-state index contributed by atoms with van der Waals surface area (Å²) in [4.78, 5) is 65.0. The average Bonchev–Trinajstić information content (AvgIpc) is 3.12. The quantitative estimate of drug-likeness (QED) is 0.526. The van der Waals surface area contributed by atoms with Gasteiger partial charge in [0, 0.05) is 19.8 Å². The van der Waals surface area contributed by atoms with E-state index in [4.69, 9.17) is 4.74 Å². The van der Waals surface area contributed by atoms with Crippen LogP contribution in [0.15, 0.2) is 34.1 Å². The fourth-order valence-electron chi connectivity index (χ4n) is 3.13. The van der Waals surface area contributed by atoms with Crippen LogP contribution in [0.4, 0.5) is 10.5 Å². The van der Waals surface area contributed by atoms with Gasteiger partial charge in [-0.3, -0.25) is 24.3 Å².